The number of para-hydroxylation sites is 1. The average Bonchev–Trinajstić information content (AvgIpc) is 3.45. The Hall–Kier alpha value is -2.59. The highest BCUT2D eigenvalue weighted by molar-refractivity contribution is 6.30. The van der Waals surface area contributed by atoms with Gasteiger partial charge in [0.1, 0.15) is 5.58 Å². The molecular weight excluding hydrogens is 338 g/mol. The van der Waals surface area contributed by atoms with E-state index in [0.29, 0.717) is 21.9 Å². The van der Waals surface area contributed by atoms with Crippen LogP contribution in [0.2, 0.25) is 5.02 Å². The largest absolute Gasteiger partial charge is 0.451 e. The summed E-state index contributed by atoms with van der Waals surface area (Å²) in [5, 5.41) is 4.13. The van der Waals surface area contributed by atoms with Crippen LogP contribution in [-0.2, 0) is 0 Å². The minimum absolute atomic E-state index is 0.0308. The van der Waals surface area contributed by atoms with Crippen molar-refractivity contribution in [3.63, 3.8) is 0 Å². The summed E-state index contributed by atoms with van der Waals surface area (Å²) in [7, 11) is 0. The second-order valence-electron chi connectivity index (χ2n) is 6.31. The Morgan fingerprint density at radius 3 is 2.56 bits per heavy atom. The number of amides is 1. The maximum atomic E-state index is 12.7. The molecule has 4 rings (SSSR count). The normalized spacial score (nSPS) is 15.1. The number of hydrogen-bond acceptors (Lipinski definition) is 3. The van der Waals surface area contributed by atoms with Crippen LogP contribution in [-0.4, -0.2) is 5.91 Å². The Labute approximate surface area is 149 Å². The van der Waals surface area contributed by atoms with E-state index in [-0.39, 0.29) is 23.1 Å². The van der Waals surface area contributed by atoms with E-state index in [0.717, 1.165) is 18.4 Å². The molecule has 4 nitrogen and oxygen atoms in total. The highest BCUT2D eigenvalue weighted by Gasteiger charge is 2.34. The maximum absolute atomic E-state index is 12.7. The number of carbonyl (C=O) groups is 1. The van der Waals surface area contributed by atoms with E-state index in [1.54, 1.807) is 24.3 Å². The van der Waals surface area contributed by atoms with Gasteiger partial charge < -0.3 is 9.73 Å². The third kappa shape index (κ3) is 3.30. The topological polar surface area (TPSA) is 59.3 Å². The molecule has 1 saturated carbocycles. The van der Waals surface area contributed by atoms with Crippen LogP contribution in [0.4, 0.5) is 0 Å². The molecule has 1 amide bonds. The molecule has 1 unspecified atom stereocenters. The number of benzene rings is 2. The summed E-state index contributed by atoms with van der Waals surface area (Å²) >= 11 is 5.95. The predicted molar refractivity (Wildman–Crippen MR) is 96.9 cm³/mol. The first-order chi connectivity index (χ1) is 12.1. The number of nitrogens with one attached hydrogen (secondary N) is 1. The summed E-state index contributed by atoms with van der Waals surface area (Å²) in [5.41, 5.74) is 1.19. The third-order valence-corrected chi connectivity index (χ3v) is 4.72. The van der Waals surface area contributed by atoms with Gasteiger partial charge in [0.25, 0.3) is 5.91 Å². The van der Waals surface area contributed by atoms with Crippen molar-refractivity contribution < 1.29 is 9.21 Å². The molecule has 1 aliphatic rings. The van der Waals surface area contributed by atoms with Crippen LogP contribution >= 0.6 is 11.6 Å². The molecule has 0 aliphatic heterocycles. The minimum atomic E-state index is -0.380. The van der Waals surface area contributed by atoms with Crippen molar-refractivity contribution in [2.24, 2.45) is 5.92 Å². The van der Waals surface area contributed by atoms with Gasteiger partial charge in [0, 0.05) is 11.1 Å². The van der Waals surface area contributed by atoms with Crippen LogP contribution in [0.3, 0.4) is 0 Å². The van der Waals surface area contributed by atoms with Crippen molar-refractivity contribution in [1.82, 2.24) is 5.32 Å². The summed E-state index contributed by atoms with van der Waals surface area (Å²) in [6, 6.07) is 15.5. The molecule has 1 N–H and O–H groups in total. The maximum Gasteiger partial charge on any atom is 0.287 e. The average molecular weight is 354 g/mol. The van der Waals surface area contributed by atoms with Crippen LogP contribution in [0.1, 0.15) is 35.0 Å². The zero-order valence-electron chi connectivity index (χ0n) is 13.4. The fraction of sp³-hybridized carbons (Fsp3) is 0.200. The molecule has 1 aliphatic carbocycles. The zero-order valence-corrected chi connectivity index (χ0v) is 14.1. The van der Waals surface area contributed by atoms with Gasteiger partial charge >= 0.3 is 0 Å². The van der Waals surface area contributed by atoms with Gasteiger partial charge in [-0.3, -0.25) is 9.59 Å². The standard InChI is InChI=1S/C20H16ClNO3/c21-14-9-7-13(8-10-14)19(12-5-6-12)22-20(24)18-11-16(23)15-3-1-2-4-17(15)25-18/h1-4,7-12,19H,5-6H2,(H,22,24). The molecule has 1 fully saturated rings. The highest BCUT2D eigenvalue weighted by Crippen LogP contribution is 2.41. The van der Waals surface area contributed by atoms with Gasteiger partial charge in [0.15, 0.2) is 11.2 Å². The van der Waals surface area contributed by atoms with Crippen molar-refractivity contribution >= 4 is 28.5 Å². The quantitative estimate of drug-likeness (QED) is 0.759. The lowest BCUT2D eigenvalue weighted by Gasteiger charge is -2.18. The molecule has 1 heterocycles. The SMILES string of the molecule is O=C(NC(c1ccc(Cl)cc1)C1CC1)c1cc(=O)c2ccccc2o1. The summed E-state index contributed by atoms with van der Waals surface area (Å²) < 4.78 is 5.63. The Balaban J connectivity index is 1.64. The van der Waals surface area contributed by atoms with Crippen molar-refractivity contribution in [1.29, 1.82) is 0 Å². The van der Waals surface area contributed by atoms with E-state index in [1.807, 2.05) is 24.3 Å². The predicted octanol–water partition coefficient (Wildman–Crippen LogP) is 4.33. The van der Waals surface area contributed by atoms with Crippen molar-refractivity contribution in [3.05, 3.63) is 81.2 Å². The molecule has 0 spiro atoms. The molecule has 1 aromatic heterocycles. The van der Waals surface area contributed by atoms with Gasteiger partial charge in [-0.15, -0.1) is 0 Å². The van der Waals surface area contributed by atoms with Crippen LogP contribution in [0.5, 0.6) is 0 Å². The number of halogens is 1. The number of carbonyl (C=O) groups excluding carboxylic acids is 1. The fourth-order valence-corrected chi connectivity index (χ4v) is 3.13. The molecule has 2 aromatic carbocycles. The molecule has 5 heteroatoms. The van der Waals surface area contributed by atoms with Gasteiger partial charge in [0.05, 0.1) is 11.4 Å². The highest BCUT2D eigenvalue weighted by atomic mass is 35.5. The second kappa shape index (κ2) is 6.37. The van der Waals surface area contributed by atoms with E-state index in [2.05, 4.69) is 5.32 Å². The fourth-order valence-electron chi connectivity index (χ4n) is 3.00. The summed E-state index contributed by atoms with van der Waals surface area (Å²) in [6.07, 6.45) is 2.13. The van der Waals surface area contributed by atoms with Crippen molar-refractivity contribution in [2.45, 2.75) is 18.9 Å². The van der Waals surface area contributed by atoms with Gasteiger partial charge in [0.2, 0.25) is 0 Å². The summed E-state index contributed by atoms with van der Waals surface area (Å²) in [5.74, 6) is 0.0512. The Morgan fingerprint density at radius 2 is 1.84 bits per heavy atom. The minimum Gasteiger partial charge on any atom is -0.451 e. The first-order valence-electron chi connectivity index (χ1n) is 8.21. The monoisotopic (exact) mass is 353 g/mol. The molecule has 3 aromatic rings. The Kier molecular flexibility index (Phi) is 4.06. The number of rotatable bonds is 4. The molecular formula is C20H16ClNO3. The van der Waals surface area contributed by atoms with Gasteiger partial charge in [-0.2, -0.15) is 0 Å². The van der Waals surface area contributed by atoms with Crippen molar-refractivity contribution in [3.8, 4) is 0 Å². The van der Waals surface area contributed by atoms with Crippen molar-refractivity contribution in [2.75, 3.05) is 0 Å². The zero-order chi connectivity index (χ0) is 17.4. The number of hydrogen-bond donors (Lipinski definition) is 1. The Morgan fingerprint density at radius 1 is 1.12 bits per heavy atom. The lowest BCUT2D eigenvalue weighted by Crippen LogP contribution is -2.30. The van der Waals surface area contributed by atoms with Gasteiger partial charge in [-0.05, 0) is 48.6 Å². The second-order valence-corrected chi connectivity index (χ2v) is 6.75. The third-order valence-electron chi connectivity index (χ3n) is 4.47. The Bertz CT molecular complexity index is 990. The lowest BCUT2D eigenvalue weighted by atomic mass is 10.0. The van der Waals surface area contributed by atoms with Crippen LogP contribution in [0.15, 0.2) is 63.8 Å². The molecule has 0 saturated heterocycles. The molecule has 0 radical (unpaired) electrons. The van der Waals surface area contributed by atoms with Crippen LogP contribution in [0, 0.1) is 5.92 Å². The molecule has 25 heavy (non-hydrogen) atoms. The molecule has 126 valence electrons. The van der Waals surface area contributed by atoms with E-state index in [4.69, 9.17) is 16.0 Å². The van der Waals surface area contributed by atoms with E-state index < -0.39 is 0 Å². The van der Waals surface area contributed by atoms with E-state index >= 15 is 0 Å². The van der Waals surface area contributed by atoms with E-state index in [1.165, 1.54) is 6.07 Å². The summed E-state index contributed by atoms with van der Waals surface area (Å²) in [6.45, 7) is 0. The smallest absolute Gasteiger partial charge is 0.287 e. The molecule has 1 atom stereocenters. The first-order valence-corrected chi connectivity index (χ1v) is 8.59. The van der Waals surface area contributed by atoms with E-state index in [9.17, 15) is 9.59 Å². The lowest BCUT2D eigenvalue weighted by molar-refractivity contribution is 0.0904. The van der Waals surface area contributed by atoms with Crippen LogP contribution in [0.25, 0.3) is 11.0 Å². The molecule has 0 bridgehead atoms. The summed E-state index contributed by atoms with van der Waals surface area (Å²) in [4.78, 5) is 24.8. The number of fused-ring (bicyclic) bond motifs is 1. The first kappa shape index (κ1) is 15.9. The van der Waals surface area contributed by atoms with Gasteiger partial charge in [-0.25, -0.2) is 0 Å². The van der Waals surface area contributed by atoms with Gasteiger partial charge in [-0.1, -0.05) is 35.9 Å². The van der Waals surface area contributed by atoms with Crippen LogP contribution < -0.4 is 10.7 Å².